The molecule has 2 aromatic carbocycles. The number of anilines is 1. The molecule has 8 heteroatoms. The first-order chi connectivity index (χ1) is 15.4. The van der Waals surface area contributed by atoms with E-state index in [1.807, 2.05) is 24.3 Å². The number of fused-ring (bicyclic) bond motifs is 1. The summed E-state index contributed by atoms with van der Waals surface area (Å²) in [6, 6.07) is 16.9. The molecule has 7 nitrogen and oxygen atoms in total. The maximum absolute atomic E-state index is 13.5. The average Bonchev–Trinajstić information content (AvgIpc) is 3.44. The average molecular weight is 446 g/mol. The Morgan fingerprint density at radius 2 is 1.94 bits per heavy atom. The van der Waals surface area contributed by atoms with Crippen LogP contribution >= 0.6 is 11.6 Å². The van der Waals surface area contributed by atoms with Gasteiger partial charge in [-0.15, -0.1) is 0 Å². The van der Waals surface area contributed by atoms with Crippen LogP contribution in [0.4, 0.5) is 5.69 Å². The van der Waals surface area contributed by atoms with Crippen LogP contribution in [0.25, 0.3) is 5.69 Å². The number of amides is 2. The van der Waals surface area contributed by atoms with E-state index in [1.165, 1.54) is 4.68 Å². The summed E-state index contributed by atoms with van der Waals surface area (Å²) >= 11 is 6.14. The molecule has 32 heavy (non-hydrogen) atoms. The van der Waals surface area contributed by atoms with Crippen molar-refractivity contribution >= 4 is 29.1 Å². The van der Waals surface area contributed by atoms with Gasteiger partial charge in [0, 0.05) is 34.7 Å². The van der Waals surface area contributed by atoms with Gasteiger partial charge in [-0.05, 0) is 55.2 Å². The molecule has 3 aromatic rings. The zero-order chi connectivity index (χ0) is 22.5. The third-order valence-corrected chi connectivity index (χ3v) is 6.57. The molecule has 160 valence electrons. The molecular weight excluding hydrogens is 426 g/mol. The highest BCUT2D eigenvalue weighted by atomic mass is 35.5. The molecule has 1 aliphatic heterocycles. The van der Waals surface area contributed by atoms with Crippen LogP contribution in [0.5, 0.6) is 0 Å². The van der Waals surface area contributed by atoms with Gasteiger partial charge in [-0.25, -0.2) is 4.68 Å². The van der Waals surface area contributed by atoms with Crippen molar-refractivity contribution in [2.24, 2.45) is 5.73 Å². The Morgan fingerprint density at radius 1 is 1.19 bits per heavy atom. The number of halogens is 1. The quantitative estimate of drug-likeness (QED) is 0.648. The van der Waals surface area contributed by atoms with Gasteiger partial charge in [0.2, 0.25) is 5.91 Å². The number of hydrogen-bond donors (Lipinski definition) is 1. The summed E-state index contributed by atoms with van der Waals surface area (Å²) in [4.78, 5) is 26.7. The molecule has 0 unspecified atom stereocenters. The Morgan fingerprint density at radius 3 is 2.56 bits per heavy atom. The maximum Gasteiger partial charge on any atom is 0.277 e. The second-order valence-electron chi connectivity index (χ2n) is 8.36. The highest BCUT2D eigenvalue weighted by Crippen LogP contribution is 2.51. The lowest BCUT2D eigenvalue weighted by atomic mass is 9.92. The maximum atomic E-state index is 13.5. The lowest BCUT2D eigenvalue weighted by molar-refractivity contribution is -0.118. The molecular formula is C24H20ClN5O2. The van der Waals surface area contributed by atoms with E-state index < -0.39 is 0 Å². The van der Waals surface area contributed by atoms with Crippen LogP contribution in [0.3, 0.4) is 0 Å². The molecule has 0 radical (unpaired) electrons. The fourth-order valence-electron chi connectivity index (χ4n) is 4.54. The number of rotatable bonds is 5. The van der Waals surface area contributed by atoms with E-state index in [1.54, 1.807) is 29.2 Å². The molecule has 5 rings (SSSR count). The van der Waals surface area contributed by atoms with E-state index >= 15 is 0 Å². The van der Waals surface area contributed by atoms with Crippen LogP contribution in [0, 0.1) is 11.3 Å². The summed E-state index contributed by atoms with van der Waals surface area (Å²) in [5.74, 6) is -0.515. The Labute approximate surface area is 190 Å². The van der Waals surface area contributed by atoms with Gasteiger partial charge in [0.05, 0.1) is 5.69 Å². The molecule has 1 aliphatic carbocycles. The molecule has 0 saturated heterocycles. The predicted molar refractivity (Wildman–Crippen MR) is 120 cm³/mol. The molecule has 0 bridgehead atoms. The van der Waals surface area contributed by atoms with Crippen molar-refractivity contribution < 1.29 is 9.59 Å². The van der Waals surface area contributed by atoms with Crippen molar-refractivity contribution in [3.8, 4) is 11.8 Å². The molecule has 2 N–H and O–H groups in total. The summed E-state index contributed by atoms with van der Waals surface area (Å²) in [7, 11) is 0. The minimum Gasteiger partial charge on any atom is -0.370 e. The monoisotopic (exact) mass is 445 g/mol. The van der Waals surface area contributed by atoms with Gasteiger partial charge in [0.1, 0.15) is 11.8 Å². The number of hydrogen-bond acceptors (Lipinski definition) is 4. The summed E-state index contributed by atoms with van der Waals surface area (Å²) in [5, 5.41) is 14.5. The first kappa shape index (κ1) is 20.3. The van der Waals surface area contributed by atoms with Crippen molar-refractivity contribution in [3.05, 3.63) is 76.1 Å². The minimum absolute atomic E-state index is 0.156. The van der Waals surface area contributed by atoms with E-state index in [-0.39, 0.29) is 22.9 Å². The number of nitrogens with two attached hydrogens (primary N) is 1. The highest BCUT2D eigenvalue weighted by molar-refractivity contribution is 6.30. The van der Waals surface area contributed by atoms with Crippen LogP contribution < -0.4 is 10.6 Å². The van der Waals surface area contributed by atoms with Gasteiger partial charge < -0.3 is 10.6 Å². The summed E-state index contributed by atoms with van der Waals surface area (Å²) in [5.41, 5.74) is 9.01. The molecule has 0 spiro atoms. The van der Waals surface area contributed by atoms with Crippen molar-refractivity contribution in [2.45, 2.75) is 31.1 Å². The molecule has 2 amide bonds. The second kappa shape index (κ2) is 7.50. The van der Waals surface area contributed by atoms with Gasteiger partial charge in [-0.1, -0.05) is 29.8 Å². The Kier molecular flexibility index (Phi) is 4.75. The van der Waals surface area contributed by atoms with Crippen LogP contribution in [0.15, 0.2) is 48.5 Å². The van der Waals surface area contributed by atoms with E-state index in [2.05, 4.69) is 11.2 Å². The van der Waals surface area contributed by atoms with Gasteiger partial charge in [0.25, 0.3) is 5.91 Å². The number of nitriles is 1. The SMILES string of the molecule is N#Cc1nn(-c2cccc(Cl)c2)c2c1CCN(c1ccc(C3(CC(N)=O)CC3)cc1)C2=O. The Hall–Kier alpha value is -3.63. The van der Waals surface area contributed by atoms with Crippen molar-refractivity contribution in [2.75, 3.05) is 11.4 Å². The summed E-state index contributed by atoms with van der Waals surface area (Å²) in [6.45, 7) is 0.452. The van der Waals surface area contributed by atoms with Crippen molar-refractivity contribution in [1.82, 2.24) is 9.78 Å². The minimum atomic E-state index is -0.298. The lowest BCUT2D eigenvalue weighted by Crippen LogP contribution is -2.38. The second-order valence-corrected chi connectivity index (χ2v) is 8.79. The van der Waals surface area contributed by atoms with Gasteiger partial charge in [0.15, 0.2) is 5.69 Å². The Balaban J connectivity index is 1.49. The molecule has 1 saturated carbocycles. The van der Waals surface area contributed by atoms with Crippen molar-refractivity contribution in [1.29, 1.82) is 5.26 Å². The van der Waals surface area contributed by atoms with E-state index in [0.29, 0.717) is 41.4 Å². The lowest BCUT2D eigenvalue weighted by Gasteiger charge is -2.28. The summed E-state index contributed by atoms with van der Waals surface area (Å²) in [6.07, 6.45) is 2.75. The smallest absolute Gasteiger partial charge is 0.277 e. The van der Waals surface area contributed by atoms with E-state index in [9.17, 15) is 14.9 Å². The number of primary amides is 1. The van der Waals surface area contributed by atoms with Gasteiger partial charge >= 0.3 is 0 Å². The third kappa shape index (κ3) is 3.33. The fourth-order valence-corrected chi connectivity index (χ4v) is 4.72. The highest BCUT2D eigenvalue weighted by Gasteiger charge is 2.45. The van der Waals surface area contributed by atoms with E-state index in [4.69, 9.17) is 17.3 Å². The molecule has 2 aliphatic rings. The van der Waals surface area contributed by atoms with Crippen LogP contribution in [0.1, 0.15) is 46.6 Å². The standard InChI is InChI=1S/C24H20ClN5O2/c25-16-2-1-3-18(12-16)30-22-19(20(14-26)28-30)8-11-29(23(22)32)17-6-4-15(5-7-17)24(9-10-24)13-21(27)31/h1-7,12H,8-11,13H2,(H2,27,31). The first-order valence-corrected chi connectivity index (χ1v) is 10.8. The molecule has 1 fully saturated rings. The van der Waals surface area contributed by atoms with Crippen LogP contribution in [0.2, 0.25) is 5.02 Å². The molecule has 0 atom stereocenters. The number of carbonyl (C=O) groups excluding carboxylic acids is 2. The van der Waals surface area contributed by atoms with Gasteiger partial charge in [-0.2, -0.15) is 10.4 Å². The summed E-state index contributed by atoms with van der Waals surface area (Å²) < 4.78 is 1.51. The number of aromatic nitrogens is 2. The number of nitrogens with zero attached hydrogens (tertiary/aromatic N) is 4. The van der Waals surface area contributed by atoms with Crippen molar-refractivity contribution in [3.63, 3.8) is 0 Å². The molecule has 1 aromatic heterocycles. The fraction of sp³-hybridized carbons (Fsp3) is 0.250. The van der Waals surface area contributed by atoms with Crippen LogP contribution in [-0.2, 0) is 16.6 Å². The topological polar surface area (TPSA) is 105 Å². The first-order valence-electron chi connectivity index (χ1n) is 10.4. The van der Waals surface area contributed by atoms with E-state index in [0.717, 1.165) is 24.1 Å². The van der Waals surface area contributed by atoms with Gasteiger partial charge in [-0.3, -0.25) is 9.59 Å². The number of benzene rings is 2. The molecule has 2 heterocycles. The Bertz CT molecular complexity index is 1280. The zero-order valence-electron chi connectivity index (χ0n) is 17.2. The third-order valence-electron chi connectivity index (χ3n) is 6.33. The van der Waals surface area contributed by atoms with Crippen LogP contribution in [-0.4, -0.2) is 28.1 Å². The number of carbonyl (C=O) groups is 2. The zero-order valence-corrected chi connectivity index (χ0v) is 18.0. The predicted octanol–water partition coefficient (Wildman–Crippen LogP) is 3.51. The largest absolute Gasteiger partial charge is 0.370 e. The normalized spacial score (nSPS) is 16.4.